The Morgan fingerprint density at radius 1 is 1.25 bits per heavy atom. The average Bonchev–Trinajstić information content (AvgIpc) is 2.98. The minimum absolute atomic E-state index is 0.248. The van der Waals surface area contributed by atoms with Gasteiger partial charge in [-0.2, -0.15) is 0 Å². The number of aromatic nitrogens is 1. The van der Waals surface area contributed by atoms with Crippen molar-refractivity contribution in [1.29, 1.82) is 0 Å². The minimum atomic E-state index is -0.283. The number of aryl methyl sites for hydroxylation is 4. The highest BCUT2D eigenvalue weighted by molar-refractivity contribution is 7.12. The third-order valence-corrected chi connectivity index (χ3v) is 4.31. The molecule has 1 aliphatic rings. The van der Waals surface area contributed by atoms with Crippen LogP contribution in [0, 0.1) is 27.7 Å². The fourth-order valence-corrected chi connectivity index (χ4v) is 3.48. The molecule has 2 aromatic rings. The Labute approximate surface area is 121 Å². The molecular weight excluding hydrogens is 274 g/mol. The summed E-state index contributed by atoms with van der Waals surface area (Å²) >= 11 is 1.68. The molecule has 0 fully saturated rings. The van der Waals surface area contributed by atoms with Gasteiger partial charge in [-0.25, -0.2) is 9.78 Å². The molecule has 3 heterocycles. The van der Waals surface area contributed by atoms with Crippen molar-refractivity contribution >= 4 is 28.5 Å². The van der Waals surface area contributed by atoms with Crippen LogP contribution in [0.1, 0.15) is 32.7 Å². The van der Waals surface area contributed by atoms with Gasteiger partial charge >= 0.3 is 5.97 Å². The van der Waals surface area contributed by atoms with Gasteiger partial charge in [0.25, 0.3) is 0 Å². The van der Waals surface area contributed by atoms with Crippen LogP contribution in [0.15, 0.2) is 10.5 Å². The van der Waals surface area contributed by atoms with E-state index in [2.05, 4.69) is 4.98 Å². The molecule has 0 amide bonds. The van der Waals surface area contributed by atoms with E-state index >= 15 is 0 Å². The van der Waals surface area contributed by atoms with Crippen molar-refractivity contribution in [2.45, 2.75) is 27.7 Å². The van der Waals surface area contributed by atoms with Gasteiger partial charge in [-0.15, -0.1) is 11.3 Å². The summed E-state index contributed by atoms with van der Waals surface area (Å²) in [6, 6.07) is 2.03. The first-order chi connectivity index (χ1) is 9.47. The van der Waals surface area contributed by atoms with E-state index in [0.717, 1.165) is 21.7 Å². The zero-order valence-corrected chi connectivity index (χ0v) is 12.7. The van der Waals surface area contributed by atoms with Crippen LogP contribution in [0.3, 0.4) is 0 Å². The van der Waals surface area contributed by atoms with Gasteiger partial charge in [0.2, 0.25) is 0 Å². The molecular formula is C15H15NO3S. The number of carbonyl (C=O) groups excluding carboxylic acids is 1. The Kier molecular flexibility index (Phi) is 3.01. The van der Waals surface area contributed by atoms with Crippen molar-refractivity contribution in [1.82, 2.24) is 4.98 Å². The van der Waals surface area contributed by atoms with Gasteiger partial charge in [0, 0.05) is 27.8 Å². The largest absolute Gasteiger partial charge is 0.457 e. The number of thiophene rings is 1. The molecule has 4 nitrogen and oxygen atoms in total. The van der Waals surface area contributed by atoms with Crippen molar-refractivity contribution in [3.05, 3.63) is 38.7 Å². The summed E-state index contributed by atoms with van der Waals surface area (Å²) in [7, 11) is 0. The molecule has 0 unspecified atom stereocenters. The molecule has 0 atom stereocenters. The summed E-state index contributed by atoms with van der Waals surface area (Å²) in [4.78, 5) is 18.7. The number of rotatable bonds is 2. The van der Waals surface area contributed by atoms with E-state index in [1.54, 1.807) is 18.3 Å². The van der Waals surface area contributed by atoms with Gasteiger partial charge in [0.05, 0.1) is 11.3 Å². The molecule has 20 heavy (non-hydrogen) atoms. The fraction of sp³-hybridized carbons (Fsp3) is 0.333. The second-order valence-corrected chi connectivity index (χ2v) is 6.36. The molecule has 0 aromatic carbocycles. The fourth-order valence-electron chi connectivity index (χ4n) is 2.55. The highest BCUT2D eigenvalue weighted by atomic mass is 32.1. The maximum Gasteiger partial charge on any atom is 0.339 e. The van der Waals surface area contributed by atoms with Crippen molar-refractivity contribution in [3.8, 4) is 0 Å². The SMILES string of the molecule is Cc1nc(C)c(C2=C(c3cc(C)sc3C)C(=O)OC2)o1. The number of nitrogens with zero attached hydrogens (tertiary/aromatic N) is 1. The first kappa shape index (κ1) is 13.1. The Morgan fingerprint density at radius 2 is 2.00 bits per heavy atom. The molecule has 104 valence electrons. The standard InChI is InChI=1S/C15H15NO3S/c1-7-5-11(9(3)20-7)13-12(6-18-15(13)17)14-8(2)16-10(4)19-14/h5H,6H2,1-4H3. The number of hydrogen-bond donors (Lipinski definition) is 0. The number of hydrogen-bond acceptors (Lipinski definition) is 5. The van der Waals surface area contributed by atoms with Crippen molar-refractivity contribution in [2.75, 3.05) is 6.61 Å². The number of ether oxygens (including phenoxy) is 1. The van der Waals surface area contributed by atoms with Gasteiger partial charge in [0.1, 0.15) is 6.61 Å². The van der Waals surface area contributed by atoms with Crippen LogP contribution in [0.25, 0.3) is 11.1 Å². The van der Waals surface area contributed by atoms with Gasteiger partial charge < -0.3 is 9.15 Å². The first-order valence-electron chi connectivity index (χ1n) is 6.39. The molecule has 2 aromatic heterocycles. The molecule has 3 rings (SSSR count). The van der Waals surface area contributed by atoms with E-state index < -0.39 is 0 Å². The molecule has 0 N–H and O–H groups in total. The van der Waals surface area contributed by atoms with Crippen LogP contribution in [0.4, 0.5) is 0 Å². The molecule has 0 saturated heterocycles. The molecule has 0 aliphatic carbocycles. The number of carbonyl (C=O) groups is 1. The monoisotopic (exact) mass is 289 g/mol. The lowest BCUT2D eigenvalue weighted by Gasteiger charge is -2.01. The van der Waals surface area contributed by atoms with Crippen LogP contribution in [-0.2, 0) is 9.53 Å². The molecule has 1 aliphatic heterocycles. The van der Waals surface area contributed by atoms with Crippen LogP contribution in [0.2, 0.25) is 0 Å². The Hall–Kier alpha value is -1.88. The summed E-state index contributed by atoms with van der Waals surface area (Å²) in [5, 5.41) is 0. The number of oxazole rings is 1. The van der Waals surface area contributed by atoms with Gasteiger partial charge in [-0.1, -0.05) is 0 Å². The first-order valence-corrected chi connectivity index (χ1v) is 7.21. The zero-order chi connectivity index (χ0) is 14.4. The van der Waals surface area contributed by atoms with Crippen molar-refractivity contribution in [3.63, 3.8) is 0 Å². The van der Waals surface area contributed by atoms with E-state index in [-0.39, 0.29) is 12.6 Å². The van der Waals surface area contributed by atoms with E-state index in [1.165, 1.54) is 4.88 Å². The predicted molar refractivity (Wildman–Crippen MR) is 77.5 cm³/mol. The Morgan fingerprint density at radius 3 is 2.55 bits per heavy atom. The lowest BCUT2D eigenvalue weighted by atomic mass is 10.00. The van der Waals surface area contributed by atoms with Crippen LogP contribution in [-0.4, -0.2) is 17.6 Å². The third kappa shape index (κ3) is 1.98. The van der Waals surface area contributed by atoms with Crippen molar-refractivity contribution < 1.29 is 13.9 Å². The maximum absolute atomic E-state index is 12.1. The van der Waals surface area contributed by atoms with Crippen LogP contribution >= 0.6 is 11.3 Å². The molecule has 0 spiro atoms. The second-order valence-electron chi connectivity index (χ2n) is 4.90. The minimum Gasteiger partial charge on any atom is -0.457 e. The third-order valence-electron chi connectivity index (χ3n) is 3.34. The van der Waals surface area contributed by atoms with Gasteiger partial charge in [0.15, 0.2) is 11.7 Å². The summed E-state index contributed by atoms with van der Waals surface area (Å²) in [6.45, 7) is 7.98. The van der Waals surface area contributed by atoms with Crippen LogP contribution in [0.5, 0.6) is 0 Å². The molecule has 0 saturated carbocycles. The number of esters is 1. The number of cyclic esters (lactones) is 1. The van der Waals surface area contributed by atoms with E-state index in [0.29, 0.717) is 17.2 Å². The molecule has 0 radical (unpaired) electrons. The van der Waals surface area contributed by atoms with Gasteiger partial charge in [-0.3, -0.25) is 0 Å². The Balaban J connectivity index is 2.22. The van der Waals surface area contributed by atoms with Crippen molar-refractivity contribution in [2.24, 2.45) is 0 Å². The summed E-state index contributed by atoms with van der Waals surface area (Å²) in [5.41, 5.74) is 3.15. The average molecular weight is 289 g/mol. The van der Waals surface area contributed by atoms with E-state index in [4.69, 9.17) is 9.15 Å². The molecule has 5 heteroatoms. The van der Waals surface area contributed by atoms with E-state index in [1.807, 2.05) is 26.8 Å². The predicted octanol–water partition coefficient (Wildman–Crippen LogP) is 3.44. The topological polar surface area (TPSA) is 52.3 Å². The quantitative estimate of drug-likeness (QED) is 0.795. The normalized spacial score (nSPS) is 15.1. The Bertz CT molecular complexity index is 736. The lowest BCUT2D eigenvalue weighted by Crippen LogP contribution is -1.98. The van der Waals surface area contributed by atoms with Gasteiger partial charge in [-0.05, 0) is 26.8 Å². The van der Waals surface area contributed by atoms with E-state index in [9.17, 15) is 4.79 Å². The maximum atomic E-state index is 12.1. The molecule has 0 bridgehead atoms. The highest BCUT2D eigenvalue weighted by Gasteiger charge is 2.31. The van der Waals surface area contributed by atoms with Crippen LogP contribution < -0.4 is 0 Å². The summed E-state index contributed by atoms with van der Waals surface area (Å²) in [6.07, 6.45) is 0. The summed E-state index contributed by atoms with van der Waals surface area (Å²) in [5.74, 6) is 0.975. The lowest BCUT2D eigenvalue weighted by molar-refractivity contribution is -0.133. The second kappa shape index (κ2) is 4.59. The zero-order valence-electron chi connectivity index (χ0n) is 11.9. The highest BCUT2D eigenvalue weighted by Crippen LogP contribution is 2.38. The smallest absolute Gasteiger partial charge is 0.339 e. The summed E-state index contributed by atoms with van der Waals surface area (Å²) < 4.78 is 10.9.